The number of benzene rings is 1. The normalized spacial score (nSPS) is 12.2. The third-order valence-electron chi connectivity index (χ3n) is 2.07. The number of nitrogens with two attached hydrogens (primary N) is 1. The third-order valence-corrected chi connectivity index (χ3v) is 3.23. The average molecular weight is 242 g/mol. The summed E-state index contributed by atoms with van der Waals surface area (Å²) in [6, 6.07) is 4.15. The molecular formula is C11H15FN2OS. The minimum atomic E-state index is -0.346. The second-order valence-corrected chi connectivity index (χ2v) is 5.06. The van der Waals surface area contributed by atoms with Crippen LogP contribution < -0.4 is 5.73 Å². The Bertz CT molecular complexity index is 396. The monoisotopic (exact) mass is 242 g/mol. The summed E-state index contributed by atoms with van der Waals surface area (Å²) in [5, 5.41) is -0.279. The summed E-state index contributed by atoms with van der Waals surface area (Å²) in [7, 11) is 3.38. The highest BCUT2D eigenvalue weighted by Crippen LogP contribution is 2.29. The molecule has 88 valence electrons. The molecule has 1 atom stereocenters. The first-order valence-corrected chi connectivity index (χ1v) is 5.72. The van der Waals surface area contributed by atoms with E-state index in [9.17, 15) is 9.18 Å². The van der Waals surface area contributed by atoms with Gasteiger partial charge in [0.1, 0.15) is 5.82 Å². The van der Waals surface area contributed by atoms with Crippen LogP contribution in [0.3, 0.4) is 0 Å². The molecule has 1 rings (SSSR count). The molecule has 1 aromatic rings. The molecule has 1 amide bonds. The fourth-order valence-corrected chi connectivity index (χ4v) is 2.29. The van der Waals surface area contributed by atoms with Gasteiger partial charge in [-0.1, -0.05) is 0 Å². The smallest absolute Gasteiger partial charge is 0.235 e. The summed E-state index contributed by atoms with van der Waals surface area (Å²) < 4.78 is 13.0. The molecule has 2 N–H and O–H groups in total. The second kappa shape index (κ2) is 5.21. The molecule has 0 aliphatic heterocycles. The van der Waals surface area contributed by atoms with Crippen molar-refractivity contribution in [2.75, 3.05) is 19.8 Å². The zero-order valence-corrected chi connectivity index (χ0v) is 10.3. The molecule has 0 spiro atoms. The molecule has 0 aromatic heterocycles. The van der Waals surface area contributed by atoms with Crippen LogP contribution in [-0.4, -0.2) is 30.2 Å². The quantitative estimate of drug-likeness (QED) is 0.651. The molecule has 3 nitrogen and oxygen atoms in total. The number of hydrogen-bond acceptors (Lipinski definition) is 3. The predicted molar refractivity (Wildman–Crippen MR) is 64.8 cm³/mol. The molecule has 16 heavy (non-hydrogen) atoms. The van der Waals surface area contributed by atoms with Crippen LogP contribution in [0.4, 0.5) is 10.1 Å². The Kier molecular flexibility index (Phi) is 4.18. The van der Waals surface area contributed by atoms with Crippen LogP contribution in [0.1, 0.15) is 6.92 Å². The van der Waals surface area contributed by atoms with Crippen molar-refractivity contribution in [1.82, 2.24) is 4.90 Å². The van der Waals surface area contributed by atoms with Crippen LogP contribution in [-0.2, 0) is 4.79 Å². The number of nitrogens with zero attached hydrogens (tertiary/aromatic N) is 1. The van der Waals surface area contributed by atoms with E-state index >= 15 is 0 Å². The van der Waals surface area contributed by atoms with Crippen molar-refractivity contribution in [3.05, 3.63) is 24.0 Å². The van der Waals surface area contributed by atoms with Crippen molar-refractivity contribution < 1.29 is 9.18 Å². The Hall–Kier alpha value is -1.23. The maximum atomic E-state index is 13.0. The lowest BCUT2D eigenvalue weighted by Crippen LogP contribution is -2.29. The number of carbonyl (C=O) groups is 1. The maximum Gasteiger partial charge on any atom is 0.235 e. The average Bonchev–Trinajstić information content (AvgIpc) is 2.22. The Morgan fingerprint density at radius 1 is 1.50 bits per heavy atom. The molecular weight excluding hydrogens is 227 g/mol. The molecule has 0 saturated heterocycles. The number of anilines is 1. The SMILES string of the molecule is CC(Sc1cc(F)ccc1N)C(=O)N(C)C. The predicted octanol–water partition coefficient (Wildman–Crippen LogP) is 1.98. The summed E-state index contributed by atoms with van der Waals surface area (Å²) >= 11 is 1.26. The van der Waals surface area contributed by atoms with E-state index in [4.69, 9.17) is 5.73 Å². The Morgan fingerprint density at radius 2 is 2.12 bits per heavy atom. The van der Waals surface area contributed by atoms with Gasteiger partial charge in [-0.3, -0.25) is 4.79 Å². The Morgan fingerprint density at radius 3 is 2.69 bits per heavy atom. The van der Waals surface area contributed by atoms with Crippen molar-refractivity contribution in [3.63, 3.8) is 0 Å². The molecule has 0 fully saturated rings. The molecule has 1 unspecified atom stereocenters. The number of thioether (sulfide) groups is 1. The van der Waals surface area contributed by atoms with Crippen molar-refractivity contribution in [2.24, 2.45) is 0 Å². The lowest BCUT2D eigenvalue weighted by Gasteiger charge is -2.17. The van der Waals surface area contributed by atoms with Crippen LogP contribution >= 0.6 is 11.8 Å². The Labute approximate surface area is 98.8 Å². The van der Waals surface area contributed by atoms with Crippen molar-refractivity contribution in [3.8, 4) is 0 Å². The minimum absolute atomic E-state index is 0.0198. The first-order chi connectivity index (χ1) is 7.41. The summed E-state index contributed by atoms with van der Waals surface area (Å²) in [5.74, 6) is -0.366. The van der Waals surface area contributed by atoms with Crippen LogP contribution in [0, 0.1) is 5.82 Å². The van der Waals surface area contributed by atoms with Crippen molar-refractivity contribution in [1.29, 1.82) is 0 Å². The Balaban J connectivity index is 2.80. The number of amides is 1. The van der Waals surface area contributed by atoms with Gasteiger partial charge in [0.2, 0.25) is 5.91 Å². The van der Waals surface area contributed by atoms with Gasteiger partial charge in [-0.15, -0.1) is 11.8 Å². The van der Waals surface area contributed by atoms with Crippen molar-refractivity contribution in [2.45, 2.75) is 17.1 Å². The summed E-state index contributed by atoms with van der Waals surface area (Å²) in [5.41, 5.74) is 6.19. The zero-order chi connectivity index (χ0) is 12.3. The summed E-state index contributed by atoms with van der Waals surface area (Å²) in [6.45, 7) is 1.78. The fraction of sp³-hybridized carbons (Fsp3) is 0.364. The molecule has 0 aliphatic rings. The van der Waals surface area contributed by atoms with E-state index in [-0.39, 0.29) is 17.0 Å². The molecule has 0 aliphatic carbocycles. The lowest BCUT2D eigenvalue weighted by atomic mass is 10.3. The molecule has 1 aromatic carbocycles. The van der Waals surface area contributed by atoms with Gasteiger partial charge in [-0.2, -0.15) is 0 Å². The number of hydrogen-bond donors (Lipinski definition) is 1. The van der Waals surface area contributed by atoms with E-state index in [0.29, 0.717) is 10.6 Å². The summed E-state index contributed by atoms with van der Waals surface area (Å²) in [6.07, 6.45) is 0. The van der Waals surface area contributed by atoms with Crippen LogP contribution in [0.2, 0.25) is 0 Å². The fourth-order valence-electron chi connectivity index (χ4n) is 1.21. The van der Waals surface area contributed by atoms with E-state index in [0.717, 1.165) is 0 Å². The van der Waals surface area contributed by atoms with Gasteiger partial charge in [0.15, 0.2) is 0 Å². The van der Waals surface area contributed by atoms with Gasteiger partial charge in [0.25, 0.3) is 0 Å². The second-order valence-electron chi connectivity index (χ2n) is 3.67. The maximum absolute atomic E-state index is 13.0. The van der Waals surface area contributed by atoms with Gasteiger partial charge in [-0.05, 0) is 25.1 Å². The highest BCUT2D eigenvalue weighted by molar-refractivity contribution is 8.00. The number of nitrogen functional groups attached to an aromatic ring is 1. The third kappa shape index (κ3) is 3.13. The standard InChI is InChI=1S/C11H15FN2OS/c1-7(11(15)14(2)3)16-10-6-8(12)4-5-9(10)13/h4-7H,13H2,1-3H3. The first kappa shape index (κ1) is 12.8. The molecule has 0 radical (unpaired) electrons. The number of rotatable bonds is 3. The molecule has 0 bridgehead atoms. The highest BCUT2D eigenvalue weighted by Gasteiger charge is 2.17. The van der Waals surface area contributed by atoms with E-state index in [1.165, 1.54) is 34.9 Å². The first-order valence-electron chi connectivity index (χ1n) is 4.84. The van der Waals surface area contributed by atoms with Gasteiger partial charge < -0.3 is 10.6 Å². The highest BCUT2D eigenvalue weighted by atomic mass is 32.2. The van der Waals surface area contributed by atoms with Crippen molar-refractivity contribution >= 4 is 23.4 Å². The molecule has 0 saturated carbocycles. The van der Waals surface area contributed by atoms with Gasteiger partial charge in [0.05, 0.1) is 5.25 Å². The molecule has 0 heterocycles. The molecule has 5 heteroatoms. The largest absolute Gasteiger partial charge is 0.398 e. The van der Waals surface area contributed by atoms with Gasteiger partial charge in [0, 0.05) is 24.7 Å². The topological polar surface area (TPSA) is 46.3 Å². The summed E-state index contributed by atoms with van der Waals surface area (Å²) in [4.78, 5) is 13.7. The van der Waals surface area contributed by atoms with E-state index in [2.05, 4.69) is 0 Å². The van der Waals surface area contributed by atoms with Gasteiger partial charge >= 0.3 is 0 Å². The number of halogens is 1. The number of carbonyl (C=O) groups excluding carboxylic acids is 1. The van der Waals surface area contributed by atoms with Crippen LogP contribution in [0.5, 0.6) is 0 Å². The van der Waals surface area contributed by atoms with Crippen LogP contribution in [0.15, 0.2) is 23.1 Å². The van der Waals surface area contributed by atoms with E-state index in [1.54, 1.807) is 21.0 Å². The lowest BCUT2D eigenvalue weighted by molar-refractivity contribution is -0.127. The van der Waals surface area contributed by atoms with Gasteiger partial charge in [-0.25, -0.2) is 4.39 Å². The minimum Gasteiger partial charge on any atom is -0.398 e. The zero-order valence-electron chi connectivity index (χ0n) is 9.53. The van der Waals surface area contributed by atoms with Crippen LogP contribution in [0.25, 0.3) is 0 Å². The van der Waals surface area contributed by atoms with E-state index in [1.807, 2.05) is 0 Å². The van der Waals surface area contributed by atoms with E-state index < -0.39 is 0 Å².